The number of alkyl halides is 3. The summed E-state index contributed by atoms with van der Waals surface area (Å²) in [6.45, 7) is 0. The van der Waals surface area contributed by atoms with Crippen molar-refractivity contribution in [2.24, 2.45) is 0 Å². The number of rotatable bonds is 14. The molecule has 0 unspecified atom stereocenters. The third-order valence-electron chi connectivity index (χ3n) is 9.75. The molecule has 0 bridgehead atoms. The molecule has 0 aliphatic rings. The highest BCUT2D eigenvalue weighted by molar-refractivity contribution is 7.93. The van der Waals surface area contributed by atoms with Crippen molar-refractivity contribution in [3.8, 4) is 0 Å². The zero-order chi connectivity index (χ0) is 44.5. The van der Waals surface area contributed by atoms with E-state index in [0.717, 1.165) is 40.3 Å². The predicted molar refractivity (Wildman–Crippen MR) is 232 cm³/mol. The van der Waals surface area contributed by atoms with Gasteiger partial charge in [0.2, 0.25) is 0 Å². The molecule has 0 aliphatic heterocycles. The average Bonchev–Trinajstić information content (AvgIpc) is 3.25. The normalized spacial score (nSPS) is 11.6. The number of para-hydroxylation sites is 2. The van der Waals surface area contributed by atoms with Crippen molar-refractivity contribution in [2.75, 3.05) is 9.44 Å². The Balaban J connectivity index is 0.000000207. The number of benzene rings is 7. The third kappa shape index (κ3) is 11.4. The number of carbonyl (C=O) groups is 2. The van der Waals surface area contributed by atoms with E-state index in [1.807, 2.05) is 42.5 Å². The average molecular weight is 881 g/mol. The molecule has 4 N–H and O–H groups in total. The minimum atomic E-state index is -4.66. The summed E-state index contributed by atoms with van der Waals surface area (Å²) < 4.78 is 95.6. The van der Waals surface area contributed by atoms with Crippen molar-refractivity contribution in [1.82, 2.24) is 0 Å². The highest BCUT2D eigenvalue weighted by Crippen LogP contribution is 2.32. The van der Waals surface area contributed by atoms with Crippen LogP contribution in [0.15, 0.2) is 174 Å². The molecule has 0 aliphatic carbocycles. The summed E-state index contributed by atoms with van der Waals surface area (Å²) in [5, 5.41) is 19.8. The van der Waals surface area contributed by atoms with Gasteiger partial charge in [0.1, 0.15) is 0 Å². The number of aromatic carboxylic acids is 2. The second kappa shape index (κ2) is 19.2. The van der Waals surface area contributed by atoms with E-state index in [9.17, 15) is 44.7 Å². The molecule has 0 amide bonds. The molecule has 0 fully saturated rings. The Morgan fingerprint density at radius 2 is 0.968 bits per heavy atom. The first-order valence-electron chi connectivity index (χ1n) is 19.0. The predicted octanol–water partition coefficient (Wildman–Crippen LogP) is 10.1. The molecule has 7 rings (SSSR count). The van der Waals surface area contributed by atoms with Crippen LogP contribution in [0, 0.1) is 0 Å². The fourth-order valence-electron chi connectivity index (χ4n) is 6.63. The van der Waals surface area contributed by atoms with Crippen LogP contribution in [0.25, 0.3) is 10.8 Å². The van der Waals surface area contributed by atoms with Crippen molar-refractivity contribution in [2.45, 2.75) is 41.7 Å². The Morgan fingerprint density at radius 1 is 0.500 bits per heavy atom. The number of carboxylic acid groups (broad SMARTS) is 2. The fourth-order valence-corrected chi connectivity index (χ4v) is 9.10. The van der Waals surface area contributed by atoms with E-state index in [1.54, 1.807) is 78.9 Å². The van der Waals surface area contributed by atoms with Gasteiger partial charge in [0.05, 0.1) is 37.9 Å². The summed E-state index contributed by atoms with van der Waals surface area (Å²) in [7, 11) is -8.04. The zero-order valence-electron chi connectivity index (χ0n) is 32.7. The maximum Gasteiger partial charge on any atom is 0.416 e. The highest BCUT2D eigenvalue weighted by atomic mass is 32.2. The Bertz CT molecular complexity index is 2970. The van der Waals surface area contributed by atoms with Crippen LogP contribution in [0.1, 0.15) is 48.5 Å². The number of carboxylic acids is 2. The molecule has 10 nitrogen and oxygen atoms in total. The number of hydrogen-bond donors (Lipinski definition) is 4. The van der Waals surface area contributed by atoms with E-state index in [-0.39, 0.29) is 21.7 Å². The SMILES string of the molecule is O=C(O)c1cccc(CCc2ccccc2NS(=O)(=O)c2cccc(C(F)(F)F)c2)c1.O=C(O)c1cccc(CCc2ccccc2NS(=O)(=O)c2cccc3ccccc23)c1. The quantitative estimate of drug-likeness (QED) is 0.0838. The molecule has 15 heteroatoms. The molecule has 0 radical (unpaired) electrons. The van der Waals surface area contributed by atoms with Gasteiger partial charge in [-0.3, -0.25) is 9.44 Å². The van der Waals surface area contributed by atoms with Crippen molar-refractivity contribution >= 4 is 54.1 Å². The molecule has 7 aromatic rings. The molecule has 0 heterocycles. The molecule has 318 valence electrons. The standard InChI is InChI=1S/C25H21NO4S.C22H18F3NO4S/c27-25(28)21-11-5-7-18(17-21)15-16-20-9-2-4-13-23(20)26-31(29,30)24-14-6-10-19-8-1-3-12-22(19)24;23-22(24,25)18-8-4-9-19(14-18)31(29,30)26-20-10-2-1-6-16(20)12-11-15-5-3-7-17(13-15)21(27)28/h1-14,17,26H,15-16H2,(H,27,28);1-10,13-14,26H,11-12H2,(H,27,28). The van der Waals surface area contributed by atoms with Gasteiger partial charge >= 0.3 is 18.1 Å². The van der Waals surface area contributed by atoms with Crippen LogP contribution >= 0.6 is 0 Å². The number of hydrogen-bond acceptors (Lipinski definition) is 6. The topological polar surface area (TPSA) is 167 Å². The van der Waals surface area contributed by atoms with Gasteiger partial charge in [-0.25, -0.2) is 26.4 Å². The monoisotopic (exact) mass is 880 g/mol. The van der Waals surface area contributed by atoms with Gasteiger partial charge in [0.15, 0.2) is 0 Å². The molecule has 0 aromatic heterocycles. The van der Waals surface area contributed by atoms with Crippen molar-refractivity contribution < 1.29 is 49.8 Å². The summed E-state index contributed by atoms with van der Waals surface area (Å²) in [6.07, 6.45) is -2.66. The molecule has 62 heavy (non-hydrogen) atoms. The van der Waals surface area contributed by atoms with E-state index in [2.05, 4.69) is 9.44 Å². The summed E-state index contributed by atoms with van der Waals surface area (Å²) in [5.74, 6) is -2.01. The minimum absolute atomic E-state index is 0.149. The van der Waals surface area contributed by atoms with Crippen LogP contribution < -0.4 is 9.44 Å². The second-order valence-corrected chi connectivity index (χ2v) is 17.4. The Hall–Kier alpha value is -6.97. The summed E-state index contributed by atoms with van der Waals surface area (Å²) >= 11 is 0. The van der Waals surface area contributed by atoms with Crippen LogP contribution in [-0.2, 0) is 51.9 Å². The molecule has 7 aromatic carbocycles. The van der Waals surface area contributed by atoms with E-state index in [1.165, 1.54) is 18.2 Å². The van der Waals surface area contributed by atoms with E-state index < -0.39 is 48.6 Å². The number of nitrogens with one attached hydrogen (secondary N) is 2. The smallest absolute Gasteiger partial charge is 0.416 e. The first kappa shape index (κ1) is 44.6. The fraction of sp³-hybridized carbons (Fsp3) is 0.106. The molecular weight excluding hydrogens is 842 g/mol. The minimum Gasteiger partial charge on any atom is -0.478 e. The van der Waals surface area contributed by atoms with E-state index in [0.29, 0.717) is 48.4 Å². The van der Waals surface area contributed by atoms with Gasteiger partial charge in [0.25, 0.3) is 20.0 Å². The summed E-state index contributed by atoms with van der Waals surface area (Å²) in [4.78, 5) is 22.0. The van der Waals surface area contributed by atoms with Gasteiger partial charge < -0.3 is 10.2 Å². The van der Waals surface area contributed by atoms with Gasteiger partial charge in [-0.1, -0.05) is 103 Å². The van der Waals surface area contributed by atoms with Crippen molar-refractivity contribution in [1.29, 1.82) is 0 Å². The third-order valence-corrected chi connectivity index (χ3v) is 12.5. The molecule has 0 saturated carbocycles. The summed E-state index contributed by atoms with van der Waals surface area (Å²) in [6, 6.07) is 43.1. The Morgan fingerprint density at radius 3 is 1.52 bits per heavy atom. The maximum absolute atomic E-state index is 13.2. The van der Waals surface area contributed by atoms with Gasteiger partial charge in [-0.2, -0.15) is 13.2 Å². The van der Waals surface area contributed by atoms with Crippen molar-refractivity contribution in [3.63, 3.8) is 0 Å². The number of fused-ring (bicyclic) bond motifs is 1. The number of halogens is 3. The van der Waals surface area contributed by atoms with Crippen LogP contribution in [0.4, 0.5) is 24.5 Å². The maximum atomic E-state index is 13.2. The first-order valence-corrected chi connectivity index (χ1v) is 22.0. The lowest BCUT2D eigenvalue weighted by Crippen LogP contribution is -2.15. The van der Waals surface area contributed by atoms with E-state index >= 15 is 0 Å². The number of aryl methyl sites for hydroxylation is 4. The number of sulfonamides is 2. The highest BCUT2D eigenvalue weighted by Gasteiger charge is 2.32. The van der Waals surface area contributed by atoms with Gasteiger partial charge in [-0.05, 0) is 114 Å². The number of anilines is 2. The molecule has 0 spiro atoms. The molecule has 0 saturated heterocycles. The lowest BCUT2D eigenvalue weighted by atomic mass is 10.0. The van der Waals surface area contributed by atoms with Gasteiger partial charge in [-0.15, -0.1) is 0 Å². The Labute approximate surface area is 356 Å². The first-order chi connectivity index (χ1) is 29.5. The lowest BCUT2D eigenvalue weighted by molar-refractivity contribution is -0.137. The van der Waals surface area contributed by atoms with Crippen LogP contribution in [0.2, 0.25) is 0 Å². The van der Waals surface area contributed by atoms with Crippen LogP contribution in [0.5, 0.6) is 0 Å². The summed E-state index contributed by atoms with van der Waals surface area (Å²) in [5.41, 5.74) is 3.20. The Kier molecular flexibility index (Phi) is 13.8. The largest absolute Gasteiger partial charge is 0.478 e. The molecular formula is C47H39F3N2O8S2. The van der Waals surface area contributed by atoms with Gasteiger partial charge in [0, 0.05) is 5.39 Å². The van der Waals surface area contributed by atoms with Crippen LogP contribution in [0.3, 0.4) is 0 Å². The van der Waals surface area contributed by atoms with Crippen LogP contribution in [-0.4, -0.2) is 39.0 Å². The van der Waals surface area contributed by atoms with Crippen molar-refractivity contribution in [3.05, 3.63) is 203 Å². The lowest BCUT2D eigenvalue weighted by Gasteiger charge is -2.14. The molecule has 0 atom stereocenters. The second-order valence-electron chi connectivity index (χ2n) is 14.0. The zero-order valence-corrected chi connectivity index (χ0v) is 34.3. The van der Waals surface area contributed by atoms with E-state index in [4.69, 9.17) is 5.11 Å².